The van der Waals surface area contributed by atoms with Crippen LogP contribution in [0.25, 0.3) is 0 Å². The summed E-state index contributed by atoms with van der Waals surface area (Å²) < 4.78 is 13.3. The lowest BCUT2D eigenvalue weighted by molar-refractivity contribution is 0.0123. The van der Waals surface area contributed by atoms with Crippen LogP contribution in [0.15, 0.2) is 10.3 Å². The van der Waals surface area contributed by atoms with E-state index >= 15 is 0 Å². The first-order valence-corrected chi connectivity index (χ1v) is 6.68. The van der Waals surface area contributed by atoms with E-state index in [2.05, 4.69) is 15.7 Å². The Morgan fingerprint density at radius 1 is 1.72 bits per heavy atom. The van der Waals surface area contributed by atoms with Gasteiger partial charge in [-0.25, -0.2) is 4.39 Å². The maximum Gasteiger partial charge on any atom is 0.143 e. The van der Waals surface area contributed by atoms with Gasteiger partial charge in [-0.15, -0.1) is 11.8 Å². The third-order valence-corrected chi connectivity index (χ3v) is 3.26. The maximum absolute atomic E-state index is 13.3. The Bertz CT molecular complexity index is 379. The van der Waals surface area contributed by atoms with Crippen LogP contribution in [0.3, 0.4) is 0 Å². The summed E-state index contributed by atoms with van der Waals surface area (Å²) in [4.78, 5) is 5.22. The molecule has 102 valence electrons. The van der Waals surface area contributed by atoms with Gasteiger partial charge in [-0.2, -0.15) is 5.10 Å². The fourth-order valence-corrected chi connectivity index (χ4v) is 2.43. The highest BCUT2D eigenvalue weighted by atomic mass is 32.2. The molecular formula is C11H19FN4OS. The number of hydrogen-bond donors (Lipinski definition) is 2. The van der Waals surface area contributed by atoms with Crippen molar-refractivity contribution in [3.63, 3.8) is 0 Å². The van der Waals surface area contributed by atoms with Crippen LogP contribution in [0, 0.1) is 5.41 Å². The van der Waals surface area contributed by atoms with Crippen molar-refractivity contribution in [3.8, 4) is 0 Å². The van der Waals surface area contributed by atoms with Gasteiger partial charge in [0, 0.05) is 19.2 Å². The predicted molar refractivity (Wildman–Crippen MR) is 74.5 cm³/mol. The maximum atomic E-state index is 13.3. The molecule has 2 N–H and O–H groups in total. The van der Waals surface area contributed by atoms with E-state index in [1.165, 1.54) is 18.7 Å². The first-order valence-electron chi connectivity index (χ1n) is 5.70. The molecule has 0 radical (unpaired) electrons. The van der Waals surface area contributed by atoms with Crippen LogP contribution in [0.2, 0.25) is 0 Å². The first-order chi connectivity index (χ1) is 8.35. The minimum atomic E-state index is -1.26. The van der Waals surface area contributed by atoms with Gasteiger partial charge in [0.15, 0.2) is 0 Å². The minimum absolute atomic E-state index is 0.128. The molecule has 0 spiro atoms. The van der Waals surface area contributed by atoms with Crippen molar-refractivity contribution in [2.24, 2.45) is 10.3 Å². The summed E-state index contributed by atoms with van der Waals surface area (Å²) in [6.45, 7) is 5.27. The number of hydrazone groups is 1. The summed E-state index contributed by atoms with van der Waals surface area (Å²) in [5.74, 6) is 0.340. The van der Waals surface area contributed by atoms with Gasteiger partial charge >= 0.3 is 0 Å². The van der Waals surface area contributed by atoms with E-state index in [9.17, 15) is 4.39 Å². The first kappa shape index (κ1) is 14.9. The van der Waals surface area contributed by atoms with Crippen molar-refractivity contribution in [2.75, 3.05) is 12.8 Å². The number of oxime groups is 1. The molecule has 0 saturated heterocycles. The van der Waals surface area contributed by atoms with Gasteiger partial charge in [-0.1, -0.05) is 5.16 Å². The number of halogens is 1. The molecule has 18 heavy (non-hydrogen) atoms. The molecule has 7 heteroatoms. The predicted octanol–water partition coefficient (Wildman–Crippen LogP) is 2.19. The third kappa shape index (κ3) is 4.29. The summed E-state index contributed by atoms with van der Waals surface area (Å²) in [7, 11) is 1.58. The zero-order valence-corrected chi connectivity index (χ0v) is 11.9. The second-order valence-electron chi connectivity index (χ2n) is 4.62. The monoisotopic (exact) mass is 274 g/mol. The van der Waals surface area contributed by atoms with Gasteiger partial charge < -0.3 is 15.7 Å². The molecule has 1 unspecified atom stereocenters. The van der Waals surface area contributed by atoms with Gasteiger partial charge in [0.2, 0.25) is 0 Å². The zero-order chi connectivity index (χ0) is 13.8. The largest absolute Gasteiger partial charge is 0.389 e. The minimum Gasteiger partial charge on any atom is -0.389 e. The topological polar surface area (TPSA) is 69.8 Å². The van der Waals surface area contributed by atoms with Crippen molar-refractivity contribution >= 4 is 28.2 Å². The lowest BCUT2D eigenvalue weighted by atomic mass is 10.1. The molecule has 1 aliphatic heterocycles. The van der Waals surface area contributed by atoms with Crippen LogP contribution >= 0.6 is 11.8 Å². The SMILES string of the molecule is CN/N=C(\C(=N)CSC1=NOC(C)(C)C1)C(C)F. The van der Waals surface area contributed by atoms with Crippen LogP contribution in [0.5, 0.6) is 0 Å². The standard InChI is InChI=1S/C11H19FN4OS/c1-7(12)10(15-14-4)8(13)6-18-9-5-11(2,3)17-16-9/h7,13-14H,5-6H2,1-4H3/b13-8?,15-10-. The second kappa shape index (κ2) is 6.17. The average Bonchev–Trinajstić information content (AvgIpc) is 2.62. The molecule has 0 aromatic carbocycles. The average molecular weight is 274 g/mol. The van der Waals surface area contributed by atoms with Crippen LogP contribution < -0.4 is 5.43 Å². The summed E-state index contributed by atoms with van der Waals surface area (Å²) in [6.07, 6.45) is -0.544. The Hall–Kier alpha value is -1.11. The third-order valence-electron chi connectivity index (χ3n) is 2.27. The van der Waals surface area contributed by atoms with E-state index < -0.39 is 6.17 Å². The molecule has 1 atom stereocenters. The van der Waals surface area contributed by atoms with Crippen molar-refractivity contribution in [1.29, 1.82) is 5.41 Å². The lowest BCUT2D eigenvalue weighted by Gasteiger charge is -2.13. The number of nitrogens with zero attached hydrogens (tertiary/aromatic N) is 2. The fourth-order valence-electron chi connectivity index (χ4n) is 1.43. The molecule has 0 aromatic heterocycles. The van der Waals surface area contributed by atoms with E-state index in [4.69, 9.17) is 10.2 Å². The Labute approximate surface area is 111 Å². The molecule has 1 aliphatic rings. The molecule has 0 fully saturated rings. The van der Waals surface area contributed by atoms with Gasteiger partial charge in [-0.05, 0) is 20.8 Å². The molecule has 0 aromatic rings. The van der Waals surface area contributed by atoms with E-state index in [1.54, 1.807) is 7.05 Å². The Morgan fingerprint density at radius 2 is 2.39 bits per heavy atom. The highest BCUT2D eigenvalue weighted by Crippen LogP contribution is 2.27. The number of hydrogen-bond acceptors (Lipinski definition) is 6. The highest BCUT2D eigenvalue weighted by molar-refractivity contribution is 8.14. The fraction of sp³-hybridized carbons (Fsp3) is 0.727. The molecule has 1 rings (SSSR count). The number of alkyl halides is 1. The summed E-state index contributed by atoms with van der Waals surface area (Å²) in [5.41, 5.74) is 2.53. The molecule has 0 amide bonds. The zero-order valence-electron chi connectivity index (χ0n) is 11.1. The number of rotatable bonds is 5. The second-order valence-corrected chi connectivity index (χ2v) is 5.67. The van der Waals surface area contributed by atoms with Crippen LogP contribution in [-0.4, -0.2) is 41.0 Å². The molecule has 0 bridgehead atoms. The van der Waals surface area contributed by atoms with Crippen LogP contribution in [0.1, 0.15) is 27.2 Å². The summed E-state index contributed by atoms with van der Waals surface area (Å²) >= 11 is 1.39. The molecule has 0 aliphatic carbocycles. The molecular weight excluding hydrogens is 255 g/mol. The Kier molecular flexibility index (Phi) is 5.13. The Balaban J connectivity index is 2.49. The van der Waals surface area contributed by atoms with Crippen molar-refractivity contribution in [1.82, 2.24) is 5.43 Å². The summed E-state index contributed by atoms with van der Waals surface area (Å²) in [6, 6.07) is 0. The van der Waals surface area contributed by atoms with E-state index in [0.717, 1.165) is 5.04 Å². The normalized spacial score (nSPS) is 20.1. The molecule has 1 heterocycles. The van der Waals surface area contributed by atoms with Crippen LogP contribution in [0.4, 0.5) is 4.39 Å². The number of nitrogens with one attached hydrogen (secondary N) is 2. The summed E-state index contributed by atoms with van der Waals surface area (Å²) in [5, 5.41) is 16.4. The van der Waals surface area contributed by atoms with Gasteiger partial charge in [0.25, 0.3) is 0 Å². The van der Waals surface area contributed by atoms with Crippen LogP contribution in [-0.2, 0) is 4.84 Å². The Morgan fingerprint density at radius 3 is 2.83 bits per heavy atom. The van der Waals surface area contributed by atoms with Crippen molar-refractivity contribution in [3.05, 3.63) is 0 Å². The van der Waals surface area contributed by atoms with Gasteiger partial charge in [-0.3, -0.25) is 0 Å². The number of thioether (sulfide) groups is 1. The van der Waals surface area contributed by atoms with Gasteiger partial charge in [0.05, 0.1) is 5.71 Å². The van der Waals surface area contributed by atoms with Crippen molar-refractivity contribution in [2.45, 2.75) is 39.0 Å². The van der Waals surface area contributed by atoms with Crippen molar-refractivity contribution < 1.29 is 9.23 Å². The quantitative estimate of drug-likeness (QED) is 0.596. The molecule has 5 nitrogen and oxygen atoms in total. The van der Waals surface area contributed by atoms with E-state index in [0.29, 0.717) is 12.2 Å². The van der Waals surface area contributed by atoms with Gasteiger partial charge in [0.1, 0.15) is 22.5 Å². The lowest BCUT2D eigenvalue weighted by Crippen LogP contribution is -2.27. The van der Waals surface area contributed by atoms with E-state index in [1.807, 2.05) is 13.8 Å². The highest BCUT2D eigenvalue weighted by Gasteiger charge is 2.29. The van der Waals surface area contributed by atoms with E-state index in [-0.39, 0.29) is 17.0 Å². The molecule has 0 saturated carbocycles. The smallest absolute Gasteiger partial charge is 0.143 e.